The van der Waals surface area contributed by atoms with Crippen LogP contribution in [0.15, 0.2) is 59.7 Å². The van der Waals surface area contributed by atoms with Crippen molar-refractivity contribution in [3.05, 3.63) is 70.9 Å². The number of nitriles is 1. The van der Waals surface area contributed by atoms with Gasteiger partial charge in [-0.25, -0.2) is 14.8 Å². The summed E-state index contributed by atoms with van der Waals surface area (Å²) in [7, 11) is 0. The molecule has 0 aliphatic carbocycles. The quantitative estimate of drug-likeness (QED) is 0.448. The molecule has 162 valence electrons. The van der Waals surface area contributed by atoms with Crippen LogP contribution < -0.4 is 10.6 Å². The molecule has 0 bridgehead atoms. The highest BCUT2D eigenvalue weighted by molar-refractivity contribution is 5.89. The number of ether oxygens (including phenoxy) is 1. The summed E-state index contributed by atoms with van der Waals surface area (Å²) in [5.41, 5.74) is 6.02. The van der Waals surface area contributed by atoms with Crippen molar-refractivity contribution < 1.29 is 4.74 Å². The molecule has 0 spiro atoms. The SMILES string of the molecule is N#Cc1ccc(-c2nc3c(N4CCOCC4)nccn3c2-c2ccc3[nH]c(=O)[nH]c3c2)cc1. The van der Waals surface area contributed by atoms with Gasteiger partial charge in [-0.2, -0.15) is 5.26 Å². The van der Waals surface area contributed by atoms with Gasteiger partial charge in [0, 0.05) is 36.6 Å². The van der Waals surface area contributed by atoms with Crippen LogP contribution in [0.3, 0.4) is 0 Å². The molecule has 5 aromatic rings. The van der Waals surface area contributed by atoms with Crippen molar-refractivity contribution in [1.82, 2.24) is 24.3 Å². The van der Waals surface area contributed by atoms with Crippen molar-refractivity contribution >= 4 is 22.5 Å². The van der Waals surface area contributed by atoms with Crippen LogP contribution in [-0.4, -0.2) is 50.6 Å². The highest BCUT2D eigenvalue weighted by atomic mass is 16.5. The van der Waals surface area contributed by atoms with E-state index in [1.165, 1.54) is 0 Å². The summed E-state index contributed by atoms with van der Waals surface area (Å²) >= 11 is 0. The molecule has 0 amide bonds. The van der Waals surface area contributed by atoms with Crippen molar-refractivity contribution in [2.75, 3.05) is 31.2 Å². The normalized spacial score (nSPS) is 14.1. The van der Waals surface area contributed by atoms with E-state index in [0.717, 1.165) is 58.1 Å². The number of nitrogens with zero attached hydrogens (tertiary/aromatic N) is 5. The molecule has 9 heteroatoms. The maximum Gasteiger partial charge on any atom is 0.323 e. The fourth-order valence-corrected chi connectivity index (χ4v) is 4.32. The molecule has 4 heterocycles. The molecule has 0 unspecified atom stereocenters. The fraction of sp³-hybridized carbons (Fsp3) is 0.167. The lowest BCUT2D eigenvalue weighted by molar-refractivity contribution is 0.122. The van der Waals surface area contributed by atoms with Crippen molar-refractivity contribution in [2.45, 2.75) is 0 Å². The second kappa shape index (κ2) is 7.62. The Labute approximate surface area is 187 Å². The van der Waals surface area contributed by atoms with Gasteiger partial charge in [-0.15, -0.1) is 0 Å². The molecule has 2 aromatic carbocycles. The third kappa shape index (κ3) is 3.24. The Bertz CT molecular complexity index is 1580. The summed E-state index contributed by atoms with van der Waals surface area (Å²) in [6.07, 6.45) is 3.68. The van der Waals surface area contributed by atoms with E-state index in [0.29, 0.717) is 18.8 Å². The zero-order valence-corrected chi connectivity index (χ0v) is 17.6. The van der Waals surface area contributed by atoms with Crippen molar-refractivity contribution in [3.8, 4) is 28.6 Å². The number of H-pyrrole nitrogens is 2. The average molecular weight is 437 g/mol. The van der Waals surface area contributed by atoms with Gasteiger partial charge in [0.25, 0.3) is 0 Å². The zero-order valence-electron chi connectivity index (χ0n) is 17.6. The van der Waals surface area contributed by atoms with Crippen LogP contribution in [0.1, 0.15) is 5.56 Å². The Morgan fingerprint density at radius 1 is 1.00 bits per heavy atom. The molecule has 33 heavy (non-hydrogen) atoms. The predicted octanol–water partition coefficient (Wildman–Crippen LogP) is 2.94. The topological polar surface area (TPSA) is 115 Å². The van der Waals surface area contributed by atoms with E-state index >= 15 is 0 Å². The van der Waals surface area contributed by atoms with E-state index in [2.05, 4.69) is 25.9 Å². The first-order valence-corrected chi connectivity index (χ1v) is 10.6. The van der Waals surface area contributed by atoms with Crippen molar-refractivity contribution in [3.63, 3.8) is 0 Å². The summed E-state index contributed by atoms with van der Waals surface area (Å²) in [5.74, 6) is 0.804. The molecule has 9 nitrogen and oxygen atoms in total. The molecule has 0 radical (unpaired) electrons. The number of benzene rings is 2. The zero-order chi connectivity index (χ0) is 22.4. The monoisotopic (exact) mass is 437 g/mol. The number of morpholine rings is 1. The van der Waals surface area contributed by atoms with Gasteiger partial charge in [-0.05, 0) is 24.3 Å². The number of nitrogens with one attached hydrogen (secondary N) is 2. The Morgan fingerprint density at radius 3 is 2.55 bits per heavy atom. The van der Waals surface area contributed by atoms with E-state index in [1.54, 1.807) is 18.3 Å². The third-order valence-corrected chi connectivity index (χ3v) is 5.91. The van der Waals surface area contributed by atoms with Gasteiger partial charge in [0.15, 0.2) is 11.5 Å². The van der Waals surface area contributed by atoms with Gasteiger partial charge < -0.3 is 19.6 Å². The number of hydrogen-bond acceptors (Lipinski definition) is 6. The fourth-order valence-electron chi connectivity index (χ4n) is 4.32. The summed E-state index contributed by atoms with van der Waals surface area (Å²) in [6.45, 7) is 2.79. The van der Waals surface area contributed by atoms with E-state index < -0.39 is 0 Å². The number of rotatable bonds is 3. The first kappa shape index (κ1) is 19.3. The first-order valence-electron chi connectivity index (χ1n) is 10.6. The van der Waals surface area contributed by atoms with Crippen LogP contribution in [0.2, 0.25) is 0 Å². The molecule has 1 saturated heterocycles. The largest absolute Gasteiger partial charge is 0.378 e. The number of aromatic amines is 2. The van der Waals surface area contributed by atoms with Crippen LogP contribution in [0, 0.1) is 11.3 Å². The van der Waals surface area contributed by atoms with Crippen LogP contribution in [0.4, 0.5) is 5.82 Å². The Balaban J connectivity index is 1.62. The minimum Gasteiger partial charge on any atom is -0.378 e. The second-order valence-corrected chi connectivity index (χ2v) is 7.88. The van der Waals surface area contributed by atoms with Gasteiger partial charge >= 0.3 is 5.69 Å². The first-order chi connectivity index (χ1) is 16.2. The number of aromatic nitrogens is 5. The molecule has 0 atom stereocenters. The van der Waals surface area contributed by atoms with Gasteiger partial charge in [-0.3, -0.25) is 4.40 Å². The van der Waals surface area contributed by atoms with Gasteiger partial charge in [0.2, 0.25) is 0 Å². The van der Waals surface area contributed by atoms with Crippen LogP contribution in [0.25, 0.3) is 39.2 Å². The number of hydrogen-bond donors (Lipinski definition) is 2. The number of anilines is 1. The predicted molar refractivity (Wildman–Crippen MR) is 124 cm³/mol. The molecule has 1 fully saturated rings. The van der Waals surface area contributed by atoms with Crippen LogP contribution in [0.5, 0.6) is 0 Å². The standard InChI is InChI=1S/C24H19N7O2/c25-14-15-1-3-16(4-2-15)20-21(17-5-6-18-19(13-17)28-24(32)27-18)31-8-7-26-22(23(31)29-20)30-9-11-33-12-10-30/h1-8,13H,9-12H2,(H2,27,28,32). The summed E-state index contributed by atoms with van der Waals surface area (Å²) in [4.78, 5) is 29.3. The molecule has 2 N–H and O–H groups in total. The van der Waals surface area contributed by atoms with E-state index in [9.17, 15) is 10.1 Å². The molecule has 0 saturated carbocycles. The van der Waals surface area contributed by atoms with Crippen molar-refractivity contribution in [2.24, 2.45) is 0 Å². The smallest absolute Gasteiger partial charge is 0.323 e. The Hall–Kier alpha value is -4.42. The van der Waals surface area contributed by atoms with E-state index in [-0.39, 0.29) is 5.69 Å². The molecule has 1 aliphatic heterocycles. The maximum absolute atomic E-state index is 11.8. The van der Waals surface area contributed by atoms with Crippen LogP contribution in [-0.2, 0) is 4.74 Å². The van der Waals surface area contributed by atoms with Gasteiger partial charge in [0.05, 0.1) is 47.3 Å². The maximum atomic E-state index is 11.8. The van der Waals surface area contributed by atoms with E-state index in [4.69, 9.17) is 9.72 Å². The summed E-state index contributed by atoms with van der Waals surface area (Å²) < 4.78 is 7.55. The molecule has 3 aromatic heterocycles. The van der Waals surface area contributed by atoms with Crippen molar-refractivity contribution in [1.29, 1.82) is 5.26 Å². The van der Waals surface area contributed by atoms with Gasteiger partial charge in [0.1, 0.15) is 0 Å². The lowest BCUT2D eigenvalue weighted by Crippen LogP contribution is -2.37. The highest BCUT2D eigenvalue weighted by Gasteiger charge is 2.22. The van der Waals surface area contributed by atoms with E-state index in [1.807, 2.05) is 40.9 Å². The molecule has 6 rings (SSSR count). The third-order valence-electron chi connectivity index (χ3n) is 5.91. The Morgan fingerprint density at radius 2 is 1.76 bits per heavy atom. The molecule has 1 aliphatic rings. The number of imidazole rings is 2. The second-order valence-electron chi connectivity index (χ2n) is 7.88. The highest BCUT2D eigenvalue weighted by Crippen LogP contribution is 2.36. The lowest BCUT2D eigenvalue weighted by atomic mass is 10.0. The average Bonchev–Trinajstić information content (AvgIpc) is 3.43. The van der Waals surface area contributed by atoms with Gasteiger partial charge in [-0.1, -0.05) is 18.2 Å². The molecular weight excluding hydrogens is 418 g/mol. The molecular formula is C24H19N7O2. The minimum absolute atomic E-state index is 0.244. The summed E-state index contributed by atoms with van der Waals surface area (Å²) in [5, 5.41) is 9.20. The number of fused-ring (bicyclic) bond motifs is 2. The minimum atomic E-state index is -0.244. The van der Waals surface area contributed by atoms with Crippen LogP contribution >= 0.6 is 0 Å². The Kier molecular flexibility index (Phi) is 4.45. The summed E-state index contributed by atoms with van der Waals surface area (Å²) in [6, 6.07) is 15.3. The lowest BCUT2D eigenvalue weighted by Gasteiger charge is -2.27.